The molecule has 1 unspecified atom stereocenters. The van der Waals surface area contributed by atoms with Gasteiger partial charge in [0.25, 0.3) is 0 Å². The second kappa shape index (κ2) is 5.97. The topological polar surface area (TPSA) is 38.9 Å². The average Bonchev–Trinajstić information content (AvgIpc) is 2.28. The minimum atomic E-state index is 0.0646. The summed E-state index contributed by atoms with van der Waals surface area (Å²) >= 11 is 0. The van der Waals surface area contributed by atoms with E-state index in [0.717, 1.165) is 12.1 Å². The lowest BCUT2D eigenvalue weighted by Gasteiger charge is -2.19. The molecule has 2 heteroatoms. The first-order valence-corrected chi connectivity index (χ1v) is 6.64. The van der Waals surface area contributed by atoms with E-state index in [1.807, 2.05) is 19.2 Å². The summed E-state index contributed by atoms with van der Waals surface area (Å²) < 4.78 is 0. The first kappa shape index (κ1) is 12.3. The molecule has 92 valence electrons. The lowest BCUT2D eigenvalue weighted by molar-refractivity contribution is 0.602. The Hall–Kier alpha value is -1.15. The predicted octanol–water partition coefficient (Wildman–Crippen LogP) is 3.67. The Morgan fingerprint density at radius 2 is 2.06 bits per heavy atom. The number of aromatic nitrogens is 1. The number of nitrogens with two attached hydrogens (primary N) is 1. The fourth-order valence-corrected chi connectivity index (χ4v) is 2.47. The maximum Gasteiger partial charge on any atom is 0.0512 e. The molecule has 2 nitrogen and oxygen atoms in total. The lowest BCUT2D eigenvalue weighted by atomic mass is 9.92. The van der Waals surface area contributed by atoms with Crippen molar-refractivity contribution in [1.82, 2.24) is 4.98 Å². The van der Waals surface area contributed by atoms with Crippen molar-refractivity contribution in [3.63, 3.8) is 0 Å². The van der Waals surface area contributed by atoms with Gasteiger partial charge in [-0.2, -0.15) is 0 Å². The molecule has 0 radical (unpaired) electrons. The van der Waals surface area contributed by atoms with E-state index in [9.17, 15) is 0 Å². The van der Waals surface area contributed by atoms with E-state index in [2.05, 4.69) is 17.1 Å². The average molecular weight is 230 g/mol. The number of rotatable bonds is 2. The Kier molecular flexibility index (Phi) is 4.32. The molecule has 1 aromatic rings. The minimum Gasteiger partial charge on any atom is -0.321 e. The Morgan fingerprint density at radius 3 is 2.88 bits per heavy atom. The van der Waals surface area contributed by atoms with Crippen LogP contribution < -0.4 is 5.73 Å². The van der Waals surface area contributed by atoms with E-state index in [1.165, 1.54) is 43.2 Å². The quantitative estimate of drug-likeness (QED) is 0.787. The largest absolute Gasteiger partial charge is 0.321 e. The summed E-state index contributed by atoms with van der Waals surface area (Å²) in [6.07, 6.45) is 11.9. The molecule has 1 aliphatic carbocycles. The van der Waals surface area contributed by atoms with Crippen LogP contribution in [0.2, 0.25) is 0 Å². The Balaban J connectivity index is 2.14. The van der Waals surface area contributed by atoms with E-state index in [4.69, 9.17) is 5.73 Å². The van der Waals surface area contributed by atoms with Crippen LogP contribution in [-0.2, 0) is 0 Å². The summed E-state index contributed by atoms with van der Waals surface area (Å²) in [5, 5.41) is 0. The van der Waals surface area contributed by atoms with Gasteiger partial charge in [-0.25, -0.2) is 0 Å². The highest BCUT2D eigenvalue weighted by atomic mass is 14.7. The first-order chi connectivity index (χ1) is 8.27. The van der Waals surface area contributed by atoms with Crippen LogP contribution in [0.1, 0.15) is 55.8 Å². The third-order valence-corrected chi connectivity index (χ3v) is 3.51. The Morgan fingerprint density at radius 1 is 1.24 bits per heavy atom. The molecule has 0 saturated carbocycles. The lowest BCUT2D eigenvalue weighted by Crippen LogP contribution is -2.14. The molecule has 0 aromatic carbocycles. The Labute approximate surface area is 104 Å². The molecular weight excluding hydrogens is 208 g/mol. The van der Waals surface area contributed by atoms with Crippen LogP contribution in [0.3, 0.4) is 0 Å². The molecule has 2 rings (SSSR count). The summed E-state index contributed by atoms with van der Waals surface area (Å²) in [5.41, 5.74) is 10.0. The van der Waals surface area contributed by atoms with Crippen molar-refractivity contribution in [2.75, 3.05) is 0 Å². The van der Waals surface area contributed by atoms with Gasteiger partial charge < -0.3 is 5.73 Å². The van der Waals surface area contributed by atoms with Gasteiger partial charge in [0, 0.05) is 11.9 Å². The molecule has 1 aromatic heterocycles. The molecule has 0 amide bonds. The summed E-state index contributed by atoms with van der Waals surface area (Å²) in [6.45, 7) is 2.02. The molecule has 0 aliphatic heterocycles. The highest BCUT2D eigenvalue weighted by Gasteiger charge is 2.13. The number of hydrogen-bond acceptors (Lipinski definition) is 2. The van der Waals surface area contributed by atoms with Crippen molar-refractivity contribution in [3.05, 3.63) is 41.2 Å². The van der Waals surface area contributed by atoms with Gasteiger partial charge in [-0.3, -0.25) is 4.98 Å². The van der Waals surface area contributed by atoms with Crippen LogP contribution in [0.25, 0.3) is 0 Å². The number of pyridine rings is 1. The molecule has 0 saturated heterocycles. The standard InChI is InChI=1S/C15H22N2/c1-12-11-14(9-10-17-12)15(16)13-7-5-3-2-4-6-8-13/h7,9-11,15H,2-6,8,16H2,1H3/b13-7+. The van der Waals surface area contributed by atoms with E-state index >= 15 is 0 Å². The predicted molar refractivity (Wildman–Crippen MR) is 71.7 cm³/mol. The van der Waals surface area contributed by atoms with Gasteiger partial charge in [0.2, 0.25) is 0 Å². The second-order valence-electron chi connectivity index (χ2n) is 4.94. The molecule has 1 atom stereocenters. The Bertz CT molecular complexity index is 396. The van der Waals surface area contributed by atoms with E-state index in [0.29, 0.717) is 0 Å². The zero-order chi connectivity index (χ0) is 12.1. The van der Waals surface area contributed by atoms with Gasteiger partial charge in [-0.15, -0.1) is 0 Å². The van der Waals surface area contributed by atoms with E-state index in [1.54, 1.807) is 0 Å². The van der Waals surface area contributed by atoms with Crippen molar-refractivity contribution in [1.29, 1.82) is 0 Å². The summed E-state index contributed by atoms with van der Waals surface area (Å²) in [6, 6.07) is 4.21. The monoisotopic (exact) mass is 230 g/mol. The van der Waals surface area contributed by atoms with Crippen molar-refractivity contribution < 1.29 is 0 Å². The van der Waals surface area contributed by atoms with E-state index < -0.39 is 0 Å². The van der Waals surface area contributed by atoms with E-state index in [-0.39, 0.29) is 6.04 Å². The zero-order valence-corrected chi connectivity index (χ0v) is 10.7. The SMILES string of the molecule is Cc1cc(C(N)/C2=C/CCCCCC2)ccn1. The number of allylic oxidation sites excluding steroid dienone is 1. The highest BCUT2D eigenvalue weighted by molar-refractivity contribution is 5.28. The molecule has 1 aliphatic rings. The fourth-order valence-electron chi connectivity index (χ4n) is 2.47. The molecule has 2 N–H and O–H groups in total. The third kappa shape index (κ3) is 3.40. The van der Waals surface area contributed by atoms with Crippen LogP contribution in [0, 0.1) is 6.92 Å². The molecule has 17 heavy (non-hydrogen) atoms. The van der Waals surface area contributed by atoms with Gasteiger partial charge in [-0.1, -0.05) is 24.5 Å². The number of aryl methyl sites for hydroxylation is 1. The minimum absolute atomic E-state index is 0.0646. The van der Waals surface area contributed by atoms with Gasteiger partial charge in [0.1, 0.15) is 0 Å². The van der Waals surface area contributed by atoms with Gasteiger partial charge in [0.05, 0.1) is 6.04 Å². The summed E-state index contributed by atoms with van der Waals surface area (Å²) in [5.74, 6) is 0. The molecule has 1 heterocycles. The van der Waals surface area contributed by atoms with Crippen molar-refractivity contribution >= 4 is 0 Å². The maximum absolute atomic E-state index is 6.36. The van der Waals surface area contributed by atoms with Gasteiger partial charge in [-0.05, 0) is 50.3 Å². The van der Waals surface area contributed by atoms with Crippen LogP contribution in [0.5, 0.6) is 0 Å². The van der Waals surface area contributed by atoms with Gasteiger partial charge >= 0.3 is 0 Å². The van der Waals surface area contributed by atoms with Crippen molar-refractivity contribution in [2.45, 2.75) is 51.5 Å². The van der Waals surface area contributed by atoms with Crippen LogP contribution in [0.4, 0.5) is 0 Å². The smallest absolute Gasteiger partial charge is 0.0512 e. The maximum atomic E-state index is 6.36. The second-order valence-corrected chi connectivity index (χ2v) is 4.94. The molecule has 0 fully saturated rings. The summed E-state index contributed by atoms with van der Waals surface area (Å²) in [7, 11) is 0. The number of nitrogens with zero attached hydrogens (tertiary/aromatic N) is 1. The van der Waals surface area contributed by atoms with Crippen LogP contribution in [0.15, 0.2) is 30.0 Å². The fraction of sp³-hybridized carbons (Fsp3) is 0.533. The van der Waals surface area contributed by atoms with Crippen molar-refractivity contribution in [2.24, 2.45) is 5.73 Å². The molecule has 0 spiro atoms. The summed E-state index contributed by atoms with van der Waals surface area (Å²) in [4.78, 5) is 4.23. The molecular formula is C15H22N2. The van der Waals surface area contributed by atoms with Gasteiger partial charge in [0.15, 0.2) is 0 Å². The molecule has 0 bridgehead atoms. The van der Waals surface area contributed by atoms with Crippen LogP contribution in [-0.4, -0.2) is 4.98 Å². The number of hydrogen-bond donors (Lipinski definition) is 1. The van der Waals surface area contributed by atoms with Crippen LogP contribution >= 0.6 is 0 Å². The van der Waals surface area contributed by atoms with Crippen molar-refractivity contribution in [3.8, 4) is 0 Å². The third-order valence-electron chi connectivity index (χ3n) is 3.51. The zero-order valence-electron chi connectivity index (χ0n) is 10.7. The highest BCUT2D eigenvalue weighted by Crippen LogP contribution is 2.26. The first-order valence-electron chi connectivity index (χ1n) is 6.64. The normalized spacial score (nSPS) is 22.1.